The molecule has 3 atom stereocenters. The average molecular weight is 225 g/mol. The van der Waals surface area contributed by atoms with Gasteiger partial charge in [0.15, 0.2) is 0 Å². The molecular weight excluding hydrogens is 204 g/mol. The average Bonchev–Trinajstić information content (AvgIpc) is 2.60. The van der Waals surface area contributed by atoms with Gasteiger partial charge in [0.2, 0.25) is 0 Å². The summed E-state index contributed by atoms with van der Waals surface area (Å²) in [7, 11) is 0.501. The SMILES string of the molecule is CC1=C(O)C(C)CC([S+]2CCCC2C)=C1. The van der Waals surface area contributed by atoms with E-state index in [9.17, 15) is 5.11 Å². The van der Waals surface area contributed by atoms with Crippen molar-refractivity contribution in [2.24, 2.45) is 5.92 Å². The van der Waals surface area contributed by atoms with E-state index in [1.54, 1.807) is 4.91 Å². The van der Waals surface area contributed by atoms with Gasteiger partial charge in [-0.15, -0.1) is 0 Å². The second kappa shape index (κ2) is 4.25. The minimum atomic E-state index is 0.338. The van der Waals surface area contributed by atoms with Gasteiger partial charge in [-0.1, -0.05) is 6.92 Å². The van der Waals surface area contributed by atoms with Gasteiger partial charge >= 0.3 is 0 Å². The Morgan fingerprint density at radius 1 is 1.40 bits per heavy atom. The van der Waals surface area contributed by atoms with Crippen LogP contribution >= 0.6 is 0 Å². The number of rotatable bonds is 1. The third kappa shape index (κ3) is 2.10. The van der Waals surface area contributed by atoms with Crippen molar-refractivity contribution in [3.05, 3.63) is 22.3 Å². The minimum absolute atomic E-state index is 0.338. The maximum Gasteiger partial charge on any atom is 0.133 e. The van der Waals surface area contributed by atoms with Crippen LogP contribution in [0.25, 0.3) is 0 Å². The van der Waals surface area contributed by atoms with Crippen molar-refractivity contribution >= 4 is 10.9 Å². The van der Waals surface area contributed by atoms with E-state index in [0.29, 0.717) is 22.6 Å². The number of hydrogen-bond donors (Lipinski definition) is 1. The molecule has 2 heteroatoms. The van der Waals surface area contributed by atoms with Crippen molar-refractivity contribution in [1.29, 1.82) is 0 Å². The zero-order valence-electron chi connectivity index (χ0n) is 9.92. The van der Waals surface area contributed by atoms with E-state index in [4.69, 9.17) is 0 Å². The molecule has 0 aromatic heterocycles. The highest BCUT2D eigenvalue weighted by Gasteiger charge is 2.38. The van der Waals surface area contributed by atoms with Crippen LogP contribution in [-0.4, -0.2) is 16.1 Å². The predicted molar refractivity (Wildman–Crippen MR) is 68.1 cm³/mol. The van der Waals surface area contributed by atoms with E-state index in [0.717, 1.165) is 17.2 Å². The molecule has 0 amide bonds. The summed E-state index contributed by atoms with van der Waals surface area (Å²) < 4.78 is 0. The Bertz CT molecular complexity index is 316. The molecular formula is C13H21OS+. The van der Waals surface area contributed by atoms with Crippen LogP contribution in [0.4, 0.5) is 0 Å². The van der Waals surface area contributed by atoms with Gasteiger partial charge in [0.05, 0.1) is 5.76 Å². The Balaban J connectivity index is 2.21. The molecule has 1 fully saturated rings. The van der Waals surface area contributed by atoms with Gasteiger partial charge in [0.1, 0.15) is 15.9 Å². The van der Waals surface area contributed by atoms with E-state index in [-0.39, 0.29) is 0 Å². The molecule has 0 saturated carbocycles. The van der Waals surface area contributed by atoms with Gasteiger partial charge < -0.3 is 5.11 Å². The van der Waals surface area contributed by atoms with E-state index in [2.05, 4.69) is 19.9 Å². The fraction of sp³-hybridized carbons (Fsp3) is 0.692. The second-order valence-corrected chi connectivity index (χ2v) is 7.46. The maximum atomic E-state index is 9.81. The van der Waals surface area contributed by atoms with Crippen molar-refractivity contribution in [2.75, 3.05) is 5.75 Å². The molecule has 1 nitrogen and oxygen atoms in total. The molecule has 15 heavy (non-hydrogen) atoms. The minimum Gasteiger partial charge on any atom is -0.512 e. The van der Waals surface area contributed by atoms with Crippen molar-refractivity contribution < 1.29 is 5.11 Å². The summed E-state index contributed by atoms with van der Waals surface area (Å²) in [5.41, 5.74) is 1.09. The van der Waals surface area contributed by atoms with Gasteiger partial charge in [0, 0.05) is 23.2 Å². The van der Waals surface area contributed by atoms with Crippen molar-refractivity contribution in [3.8, 4) is 0 Å². The molecule has 0 spiro atoms. The van der Waals surface area contributed by atoms with E-state index < -0.39 is 0 Å². The van der Waals surface area contributed by atoms with Gasteiger partial charge in [-0.25, -0.2) is 0 Å². The highest BCUT2D eigenvalue weighted by atomic mass is 32.2. The van der Waals surface area contributed by atoms with Crippen molar-refractivity contribution in [3.63, 3.8) is 0 Å². The molecule has 0 aromatic rings. The lowest BCUT2D eigenvalue weighted by Gasteiger charge is -2.20. The first-order valence-electron chi connectivity index (χ1n) is 5.89. The fourth-order valence-electron chi connectivity index (χ4n) is 2.60. The standard InChI is InChI=1S/C13H20OS/c1-9-7-12(8-10(2)13(9)14)15-6-4-5-11(15)3/h7,10-11H,4-6,8H2,1-3H3/p+1. The molecule has 1 saturated heterocycles. The molecule has 0 radical (unpaired) electrons. The normalized spacial score (nSPS) is 37.0. The quantitative estimate of drug-likeness (QED) is 0.677. The van der Waals surface area contributed by atoms with Gasteiger partial charge in [0.25, 0.3) is 0 Å². The topological polar surface area (TPSA) is 20.2 Å². The number of aliphatic hydroxyl groups is 1. The molecule has 0 bridgehead atoms. The Morgan fingerprint density at radius 2 is 2.13 bits per heavy atom. The lowest BCUT2D eigenvalue weighted by molar-refractivity contribution is 0.332. The summed E-state index contributed by atoms with van der Waals surface area (Å²) in [5, 5.41) is 10.7. The monoisotopic (exact) mass is 225 g/mol. The molecule has 1 aliphatic carbocycles. The molecule has 84 valence electrons. The third-order valence-corrected chi connectivity index (χ3v) is 6.45. The second-order valence-electron chi connectivity index (χ2n) is 4.87. The van der Waals surface area contributed by atoms with Crippen LogP contribution in [0, 0.1) is 5.92 Å². The molecule has 3 unspecified atom stereocenters. The zero-order chi connectivity index (χ0) is 11.0. The molecule has 1 heterocycles. The maximum absolute atomic E-state index is 9.81. The smallest absolute Gasteiger partial charge is 0.133 e. The Morgan fingerprint density at radius 3 is 2.67 bits per heavy atom. The van der Waals surface area contributed by atoms with Crippen LogP contribution in [0.2, 0.25) is 0 Å². The lowest BCUT2D eigenvalue weighted by atomic mass is 9.96. The van der Waals surface area contributed by atoms with Crippen LogP contribution in [0.5, 0.6) is 0 Å². The van der Waals surface area contributed by atoms with E-state index in [1.807, 2.05) is 6.92 Å². The first-order chi connectivity index (χ1) is 7.09. The summed E-state index contributed by atoms with van der Waals surface area (Å²) in [4.78, 5) is 1.61. The third-order valence-electron chi connectivity index (χ3n) is 3.55. The first kappa shape index (κ1) is 11.1. The number of allylic oxidation sites excluding steroid dienone is 4. The van der Waals surface area contributed by atoms with Gasteiger partial charge in [-0.3, -0.25) is 0 Å². The molecule has 2 aliphatic rings. The highest BCUT2D eigenvalue weighted by molar-refractivity contribution is 8.01. The van der Waals surface area contributed by atoms with Gasteiger partial charge in [-0.05, 0) is 38.3 Å². The molecule has 2 rings (SSSR count). The van der Waals surface area contributed by atoms with E-state index >= 15 is 0 Å². The summed E-state index contributed by atoms with van der Waals surface area (Å²) in [6, 6.07) is 0. The van der Waals surface area contributed by atoms with Crippen LogP contribution < -0.4 is 0 Å². The van der Waals surface area contributed by atoms with Crippen molar-refractivity contribution in [1.82, 2.24) is 0 Å². The Kier molecular flexibility index (Phi) is 3.15. The van der Waals surface area contributed by atoms with Crippen LogP contribution in [0.15, 0.2) is 22.3 Å². The molecule has 1 aliphatic heterocycles. The summed E-state index contributed by atoms with van der Waals surface area (Å²) in [6.07, 6.45) is 6.12. The molecule has 0 aromatic carbocycles. The van der Waals surface area contributed by atoms with E-state index in [1.165, 1.54) is 18.6 Å². The fourth-order valence-corrected chi connectivity index (χ4v) is 5.51. The summed E-state index contributed by atoms with van der Waals surface area (Å²) >= 11 is 0. The van der Waals surface area contributed by atoms with Crippen LogP contribution in [-0.2, 0) is 10.9 Å². The van der Waals surface area contributed by atoms with Gasteiger partial charge in [-0.2, -0.15) is 0 Å². The Hall–Kier alpha value is -0.370. The van der Waals surface area contributed by atoms with Crippen LogP contribution in [0.1, 0.15) is 40.0 Å². The van der Waals surface area contributed by atoms with Crippen molar-refractivity contribution in [2.45, 2.75) is 45.3 Å². The highest BCUT2D eigenvalue weighted by Crippen LogP contribution is 2.37. The largest absolute Gasteiger partial charge is 0.512 e. The van der Waals surface area contributed by atoms with Crippen LogP contribution in [0.3, 0.4) is 0 Å². The Labute approximate surface area is 95.6 Å². The summed E-state index contributed by atoms with van der Waals surface area (Å²) in [6.45, 7) is 6.56. The number of aliphatic hydroxyl groups excluding tert-OH is 1. The first-order valence-corrected chi connectivity index (χ1v) is 7.35. The molecule has 1 N–H and O–H groups in total. The predicted octanol–water partition coefficient (Wildman–Crippen LogP) is 3.54. The number of hydrogen-bond acceptors (Lipinski definition) is 1. The summed E-state index contributed by atoms with van der Waals surface area (Å²) in [5.74, 6) is 2.33. The zero-order valence-corrected chi connectivity index (χ0v) is 10.7. The lowest BCUT2D eigenvalue weighted by Crippen LogP contribution is -2.20.